The Balaban J connectivity index is 1.67. The van der Waals surface area contributed by atoms with E-state index in [1.807, 2.05) is 0 Å². The number of ketones is 1. The third kappa shape index (κ3) is 4.10. The predicted molar refractivity (Wildman–Crippen MR) is 96.3 cm³/mol. The number of nitrogens with zero attached hydrogens (tertiary/aromatic N) is 3. The summed E-state index contributed by atoms with van der Waals surface area (Å²) < 4.78 is 39.6. The van der Waals surface area contributed by atoms with Crippen LogP contribution in [0.25, 0.3) is 11.0 Å². The minimum Gasteiger partial charge on any atom is -0.442 e. The molecule has 10 nitrogen and oxygen atoms in total. The second-order valence-corrected chi connectivity index (χ2v) is 9.30. The van der Waals surface area contributed by atoms with Crippen molar-refractivity contribution in [3.63, 3.8) is 0 Å². The van der Waals surface area contributed by atoms with Crippen molar-refractivity contribution in [2.75, 3.05) is 19.7 Å². The molecular weight excluding hydrogens is 414 g/mol. The molecule has 1 aliphatic heterocycles. The van der Waals surface area contributed by atoms with E-state index in [9.17, 15) is 18.0 Å². The zero-order valence-corrected chi connectivity index (χ0v) is 16.9. The largest absolute Gasteiger partial charge is 0.442 e. The molecule has 0 unspecified atom stereocenters. The number of carbonyl (C=O) groups excluding carboxylic acids is 2. The zero-order chi connectivity index (χ0) is 20.7. The van der Waals surface area contributed by atoms with Crippen molar-refractivity contribution in [1.29, 1.82) is 0 Å². The monoisotopic (exact) mass is 431 g/mol. The summed E-state index contributed by atoms with van der Waals surface area (Å²) in [5.41, 5.74) is -0.581. The molecule has 2 heterocycles. The minimum atomic E-state index is -4.24. The number of halogens is 1. The van der Waals surface area contributed by atoms with Crippen LogP contribution in [0.15, 0.2) is 21.7 Å². The van der Waals surface area contributed by atoms with Crippen molar-refractivity contribution >= 4 is 44.6 Å². The van der Waals surface area contributed by atoms with Gasteiger partial charge >= 0.3 is 6.09 Å². The standard InChI is InChI=1S/C16H18ClN3O7S/c1-16(2,3)12(21)7-20-6-9(26-15(20)22)8-25-28(23,24)11-5-4-10(17)13-14(11)19-27-18-13/h4-5,9H,6-8H2,1-3H3/t9-/m0/s1. The number of fused-ring (bicyclic) bond motifs is 1. The van der Waals surface area contributed by atoms with Crippen molar-refractivity contribution in [3.8, 4) is 0 Å². The molecule has 152 valence electrons. The molecule has 0 radical (unpaired) electrons. The van der Waals surface area contributed by atoms with Crippen molar-refractivity contribution in [2.24, 2.45) is 5.41 Å². The molecular formula is C16H18ClN3O7S. The van der Waals surface area contributed by atoms with Gasteiger partial charge in [0.1, 0.15) is 17.6 Å². The van der Waals surface area contributed by atoms with E-state index < -0.39 is 34.3 Å². The zero-order valence-electron chi connectivity index (χ0n) is 15.3. The van der Waals surface area contributed by atoms with Crippen LogP contribution in [0, 0.1) is 5.41 Å². The Kier molecular flexibility index (Phi) is 5.34. The average molecular weight is 432 g/mol. The highest BCUT2D eigenvalue weighted by molar-refractivity contribution is 7.87. The molecule has 3 rings (SSSR count). The summed E-state index contributed by atoms with van der Waals surface area (Å²) in [6.07, 6.45) is -1.54. The van der Waals surface area contributed by atoms with Crippen LogP contribution in [0.3, 0.4) is 0 Å². The van der Waals surface area contributed by atoms with Gasteiger partial charge in [-0.2, -0.15) is 8.42 Å². The van der Waals surface area contributed by atoms with E-state index >= 15 is 0 Å². The Morgan fingerprint density at radius 2 is 2.00 bits per heavy atom. The molecule has 1 aromatic heterocycles. The van der Waals surface area contributed by atoms with Crippen LogP contribution in [-0.2, 0) is 23.8 Å². The molecule has 1 amide bonds. The molecule has 0 bridgehead atoms. The summed E-state index contributed by atoms with van der Waals surface area (Å²) in [6.45, 7) is 4.75. The Labute approximate surface area is 165 Å². The van der Waals surface area contributed by atoms with E-state index in [4.69, 9.17) is 20.5 Å². The van der Waals surface area contributed by atoms with Gasteiger partial charge in [-0.25, -0.2) is 9.42 Å². The summed E-state index contributed by atoms with van der Waals surface area (Å²) in [5, 5.41) is 7.28. The fourth-order valence-corrected chi connectivity index (χ4v) is 3.70. The number of aromatic nitrogens is 2. The lowest BCUT2D eigenvalue weighted by Crippen LogP contribution is -2.37. The highest BCUT2D eigenvalue weighted by atomic mass is 35.5. The molecule has 1 aromatic carbocycles. The van der Waals surface area contributed by atoms with Crippen molar-refractivity contribution in [3.05, 3.63) is 17.2 Å². The van der Waals surface area contributed by atoms with E-state index in [1.54, 1.807) is 20.8 Å². The van der Waals surface area contributed by atoms with Gasteiger partial charge in [-0.05, 0) is 22.4 Å². The van der Waals surface area contributed by atoms with Crippen molar-refractivity contribution in [2.45, 2.75) is 31.8 Å². The van der Waals surface area contributed by atoms with E-state index in [-0.39, 0.29) is 39.8 Å². The second-order valence-electron chi connectivity index (χ2n) is 7.31. The average Bonchev–Trinajstić information content (AvgIpc) is 3.20. The number of benzene rings is 1. The summed E-state index contributed by atoms with van der Waals surface area (Å²) >= 11 is 5.92. The topological polar surface area (TPSA) is 129 Å². The minimum absolute atomic E-state index is 0.0394. The van der Waals surface area contributed by atoms with E-state index in [0.717, 1.165) is 0 Å². The highest BCUT2D eigenvalue weighted by Crippen LogP contribution is 2.28. The van der Waals surface area contributed by atoms with Gasteiger partial charge in [-0.1, -0.05) is 32.4 Å². The van der Waals surface area contributed by atoms with Gasteiger partial charge in [0.2, 0.25) is 0 Å². The first-order valence-electron chi connectivity index (χ1n) is 8.28. The van der Waals surface area contributed by atoms with Crippen molar-refractivity contribution in [1.82, 2.24) is 15.2 Å². The third-order valence-electron chi connectivity index (χ3n) is 4.13. The summed E-state index contributed by atoms with van der Waals surface area (Å²) in [7, 11) is -4.24. The number of amides is 1. The number of cyclic esters (lactones) is 1. The first kappa shape index (κ1) is 20.5. The predicted octanol–water partition coefficient (Wildman–Crippen LogP) is 2.02. The van der Waals surface area contributed by atoms with Crippen LogP contribution in [0.1, 0.15) is 20.8 Å². The number of hydrogen-bond donors (Lipinski definition) is 0. The number of rotatable bonds is 6. The second kappa shape index (κ2) is 7.30. The number of Topliss-reactive ketones (excluding diaryl/α,β-unsaturated/α-hetero) is 1. The fourth-order valence-electron chi connectivity index (χ4n) is 2.45. The first-order chi connectivity index (χ1) is 13.0. The van der Waals surface area contributed by atoms with Gasteiger partial charge in [0.25, 0.3) is 10.1 Å². The van der Waals surface area contributed by atoms with Gasteiger partial charge in [0.15, 0.2) is 16.8 Å². The molecule has 0 aliphatic carbocycles. The molecule has 0 saturated carbocycles. The maximum Gasteiger partial charge on any atom is 0.410 e. The molecule has 0 spiro atoms. The Hall–Kier alpha value is -2.24. The molecule has 1 atom stereocenters. The maximum atomic E-state index is 12.5. The van der Waals surface area contributed by atoms with Gasteiger partial charge in [0.05, 0.1) is 18.1 Å². The van der Waals surface area contributed by atoms with Crippen LogP contribution in [-0.4, -0.2) is 61.3 Å². The normalized spacial score (nSPS) is 17.9. The lowest BCUT2D eigenvalue weighted by molar-refractivity contribution is -0.126. The smallest absolute Gasteiger partial charge is 0.410 e. The lowest BCUT2D eigenvalue weighted by Gasteiger charge is -2.20. The summed E-state index contributed by atoms with van der Waals surface area (Å²) in [4.78, 5) is 25.0. The Morgan fingerprint density at radius 3 is 2.68 bits per heavy atom. The van der Waals surface area contributed by atoms with Crippen LogP contribution >= 0.6 is 11.6 Å². The third-order valence-corrected chi connectivity index (χ3v) is 5.75. The molecule has 0 N–H and O–H groups in total. The lowest BCUT2D eigenvalue weighted by atomic mass is 9.90. The molecule has 1 aliphatic rings. The fraction of sp³-hybridized carbons (Fsp3) is 0.500. The van der Waals surface area contributed by atoms with E-state index in [0.29, 0.717) is 0 Å². The van der Waals surface area contributed by atoms with Gasteiger partial charge in [-0.15, -0.1) is 0 Å². The van der Waals surface area contributed by atoms with E-state index in [2.05, 4.69) is 14.9 Å². The number of carbonyl (C=O) groups is 2. The van der Waals surface area contributed by atoms with Crippen molar-refractivity contribution < 1.29 is 31.6 Å². The quantitative estimate of drug-likeness (QED) is 0.630. The first-order valence-corrected chi connectivity index (χ1v) is 10.1. The van der Waals surface area contributed by atoms with Gasteiger partial charge < -0.3 is 4.74 Å². The number of hydrogen-bond acceptors (Lipinski definition) is 9. The SMILES string of the molecule is CC(C)(C)C(=O)CN1C[C@@H](COS(=O)(=O)c2ccc(Cl)c3nonc23)OC1=O. The Morgan fingerprint density at radius 1 is 1.32 bits per heavy atom. The van der Waals surface area contributed by atoms with Gasteiger partial charge in [-0.3, -0.25) is 13.9 Å². The van der Waals surface area contributed by atoms with Crippen LogP contribution < -0.4 is 0 Å². The van der Waals surface area contributed by atoms with E-state index in [1.165, 1.54) is 17.0 Å². The molecule has 2 aromatic rings. The number of ether oxygens (including phenoxy) is 1. The van der Waals surface area contributed by atoms with Crippen LogP contribution in [0.5, 0.6) is 0 Å². The Bertz CT molecular complexity index is 1030. The van der Waals surface area contributed by atoms with Crippen LogP contribution in [0.2, 0.25) is 5.02 Å². The molecule has 12 heteroatoms. The van der Waals surface area contributed by atoms with Gasteiger partial charge in [0, 0.05) is 5.41 Å². The summed E-state index contributed by atoms with van der Waals surface area (Å²) in [5.74, 6) is -0.138. The summed E-state index contributed by atoms with van der Waals surface area (Å²) in [6, 6.07) is 2.55. The van der Waals surface area contributed by atoms with Crippen LogP contribution in [0.4, 0.5) is 4.79 Å². The molecule has 1 saturated heterocycles. The maximum absolute atomic E-state index is 12.5. The highest BCUT2D eigenvalue weighted by Gasteiger charge is 2.36. The molecule has 1 fully saturated rings. The molecule has 28 heavy (non-hydrogen) atoms.